The number of fused-ring (bicyclic) bond motifs is 1. The Hall–Kier alpha value is -1.48. The maximum Gasteiger partial charge on any atom is 1.00 e. The number of hydrogen-bond donors (Lipinski definition) is 0. The quantitative estimate of drug-likeness (QED) is 0.552. The third kappa shape index (κ3) is 4.51. The Kier molecular flexibility index (Phi) is 6.51. The molecular weight excluding hydrogens is 421 g/mol. The van der Waals surface area contributed by atoms with Crippen LogP contribution in [0, 0.1) is 5.82 Å². The molecule has 0 radical (unpaired) electrons. The van der Waals surface area contributed by atoms with Crippen LogP contribution in [0.5, 0.6) is 0 Å². The predicted octanol–water partition coefficient (Wildman–Crippen LogP) is -0.472. The number of carbonyl (C=O) groups excluding carboxylic acids is 1. The predicted molar refractivity (Wildman–Crippen MR) is 93.3 cm³/mol. The van der Waals surface area contributed by atoms with Crippen LogP contribution < -0.4 is 63.1 Å². The summed E-state index contributed by atoms with van der Waals surface area (Å²) in [5.41, 5.74) is 3.31. The van der Waals surface area contributed by atoms with Gasteiger partial charge in [-0.2, -0.15) is 5.10 Å². The Bertz CT molecular complexity index is 935. The van der Waals surface area contributed by atoms with Gasteiger partial charge in [-0.15, -0.1) is 7.05 Å². The topological polar surface area (TPSA) is 78.0 Å². The minimum atomic E-state index is -0.366. The molecule has 3 aromatic rings. The number of aromatic nitrogens is 4. The van der Waals surface area contributed by atoms with E-state index in [1.165, 1.54) is 19.2 Å². The van der Waals surface area contributed by atoms with Gasteiger partial charge in [-0.05, 0) is 23.8 Å². The van der Waals surface area contributed by atoms with Crippen molar-refractivity contribution in [2.75, 3.05) is 11.9 Å². The van der Waals surface area contributed by atoms with E-state index in [-0.39, 0.29) is 75.6 Å². The van der Waals surface area contributed by atoms with Crippen LogP contribution in [-0.2, 0) is 19.6 Å². The van der Waals surface area contributed by atoms with Gasteiger partial charge in [0.25, 0.3) is 0 Å². The third-order valence-corrected chi connectivity index (χ3v) is 4.23. The molecule has 0 N–H and O–H groups in total. The maximum atomic E-state index is 13.0. The van der Waals surface area contributed by atoms with Crippen molar-refractivity contribution in [2.45, 2.75) is 19.6 Å². The van der Waals surface area contributed by atoms with Crippen molar-refractivity contribution < 1.29 is 67.4 Å². The van der Waals surface area contributed by atoms with Gasteiger partial charge in [0.05, 0.1) is 24.5 Å². The Morgan fingerprint density at radius 2 is 2.00 bits per heavy atom. The van der Waals surface area contributed by atoms with Gasteiger partial charge in [0, 0.05) is 24.5 Å². The van der Waals surface area contributed by atoms with Crippen molar-refractivity contribution in [2.24, 2.45) is 0 Å². The molecule has 1 aliphatic rings. The zero-order chi connectivity index (χ0) is 18.1. The van der Waals surface area contributed by atoms with Crippen LogP contribution in [0.1, 0.15) is 27.3 Å². The molecule has 0 atom stereocenters. The van der Waals surface area contributed by atoms with Gasteiger partial charge in [-0.25, -0.2) is 14.4 Å². The number of rotatable bonds is 4. The van der Waals surface area contributed by atoms with E-state index in [0.717, 1.165) is 16.8 Å². The van der Waals surface area contributed by atoms with E-state index in [1.54, 1.807) is 24.4 Å². The Labute approximate surface area is 204 Å². The monoisotopic (exact) mass is 436 g/mol. The normalized spacial score (nSPS) is 12.4. The molecule has 9 heteroatoms. The van der Waals surface area contributed by atoms with Gasteiger partial charge < -0.3 is 15.0 Å². The molecule has 3 heterocycles. The summed E-state index contributed by atoms with van der Waals surface area (Å²) in [6.07, 6.45) is 3.54. The minimum Gasteiger partial charge on any atom is -0.650 e. The molecule has 0 unspecified atom stereocenters. The fourth-order valence-electron chi connectivity index (χ4n) is 2.94. The molecule has 27 heavy (non-hydrogen) atoms. The molecule has 7 nitrogen and oxygen atoms in total. The summed E-state index contributed by atoms with van der Waals surface area (Å²) in [4.78, 5) is 22.2. The van der Waals surface area contributed by atoms with Crippen molar-refractivity contribution >= 4 is 11.9 Å². The van der Waals surface area contributed by atoms with Gasteiger partial charge in [0.2, 0.25) is 5.95 Å². The first kappa shape index (κ1) is 20.3. The number of amides is 1. The molecule has 1 amide bonds. The summed E-state index contributed by atoms with van der Waals surface area (Å²) >= 11 is 0. The van der Waals surface area contributed by atoms with Crippen LogP contribution >= 0.6 is 0 Å². The number of halogens is 1. The molecule has 4 rings (SSSR count). The molecule has 2 aromatic heterocycles. The molecule has 0 fully saturated rings. The fourth-order valence-corrected chi connectivity index (χ4v) is 2.94. The zero-order valence-corrected chi connectivity index (χ0v) is 20.0. The first-order valence-corrected chi connectivity index (χ1v) is 8.14. The van der Waals surface area contributed by atoms with Gasteiger partial charge in [-0.3, -0.25) is 4.68 Å². The van der Waals surface area contributed by atoms with E-state index < -0.39 is 0 Å². The van der Waals surface area contributed by atoms with E-state index in [0.29, 0.717) is 25.6 Å². The molecule has 0 spiro atoms. The molecule has 0 bridgehead atoms. The van der Waals surface area contributed by atoms with Crippen molar-refractivity contribution in [1.82, 2.24) is 19.7 Å². The third-order valence-electron chi connectivity index (χ3n) is 4.23. The standard InChI is InChI=1S/C18H17FN6O.Rb/c1-20-17(26)15-6-7-21-18(22-15)24-9-13-10-25(23-16(13)11-24)8-12-2-4-14(19)5-3-12;/h2-7,10H,8-9,11H2,1H3,(H,20,26);/q;+1/p-1. The summed E-state index contributed by atoms with van der Waals surface area (Å²) in [6, 6.07) is 7.95. The number of anilines is 1. The van der Waals surface area contributed by atoms with Crippen LogP contribution in [0.15, 0.2) is 42.7 Å². The maximum absolute atomic E-state index is 13.0. The summed E-state index contributed by atoms with van der Waals surface area (Å²) in [5, 5.41) is 8.22. The number of hydrogen-bond acceptors (Lipinski definition) is 5. The van der Waals surface area contributed by atoms with Crippen LogP contribution in [0.25, 0.3) is 5.32 Å². The average molecular weight is 437 g/mol. The van der Waals surface area contributed by atoms with E-state index in [4.69, 9.17) is 0 Å². The molecule has 1 aliphatic heterocycles. The Morgan fingerprint density at radius 3 is 2.70 bits per heavy atom. The smallest absolute Gasteiger partial charge is 0.650 e. The van der Waals surface area contributed by atoms with Crippen LogP contribution in [0.4, 0.5) is 10.3 Å². The van der Waals surface area contributed by atoms with Crippen LogP contribution in [0.2, 0.25) is 0 Å². The van der Waals surface area contributed by atoms with Gasteiger partial charge in [-0.1, -0.05) is 12.1 Å². The van der Waals surface area contributed by atoms with Crippen LogP contribution in [-0.4, -0.2) is 32.7 Å². The number of nitrogens with zero attached hydrogens (tertiary/aromatic N) is 6. The van der Waals surface area contributed by atoms with Crippen molar-refractivity contribution in [1.29, 1.82) is 0 Å². The summed E-state index contributed by atoms with van der Waals surface area (Å²) < 4.78 is 14.8. The SMILES string of the molecule is C[N-]C(=O)c1ccnc(N2Cc3cn(Cc4ccc(F)cc4)nc3C2)n1.[Rb+]. The van der Waals surface area contributed by atoms with Crippen molar-refractivity contribution in [3.63, 3.8) is 0 Å². The zero-order valence-electron chi connectivity index (χ0n) is 15.1. The van der Waals surface area contributed by atoms with Crippen LogP contribution in [0.3, 0.4) is 0 Å². The fraction of sp³-hybridized carbons (Fsp3) is 0.222. The van der Waals surface area contributed by atoms with E-state index in [1.807, 2.05) is 15.8 Å². The second kappa shape index (κ2) is 8.68. The van der Waals surface area contributed by atoms with Gasteiger partial charge >= 0.3 is 58.2 Å². The molecule has 132 valence electrons. The molecule has 0 saturated carbocycles. The average Bonchev–Trinajstić information content (AvgIpc) is 3.21. The second-order valence-electron chi connectivity index (χ2n) is 6.05. The molecular formula is C18H16FN6ORb. The molecule has 0 saturated heterocycles. The van der Waals surface area contributed by atoms with E-state index in [2.05, 4.69) is 20.4 Å². The summed E-state index contributed by atoms with van der Waals surface area (Å²) in [7, 11) is 1.44. The Morgan fingerprint density at radius 1 is 1.22 bits per heavy atom. The van der Waals surface area contributed by atoms with Crippen molar-refractivity contribution in [3.8, 4) is 0 Å². The molecule has 0 aliphatic carbocycles. The van der Waals surface area contributed by atoms with Crippen molar-refractivity contribution in [3.05, 3.63) is 76.4 Å². The number of carbonyl (C=O) groups is 1. The summed E-state index contributed by atoms with van der Waals surface area (Å²) in [6.45, 7) is 1.79. The first-order chi connectivity index (χ1) is 12.6. The van der Waals surface area contributed by atoms with E-state index >= 15 is 0 Å². The Balaban J connectivity index is 0.00000210. The van der Waals surface area contributed by atoms with Gasteiger partial charge in [0.1, 0.15) is 11.7 Å². The molecule has 1 aromatic carbocycles. The summed E-state index contributed by atoms with van der Waals surface area (Å²) in [5.74, 6) is -0.124. The second-order valence-corrected chi connectivity index (χ2v) is 6.05. The minimum absolute atomic E-state index is 0. The van der Waals surface area contributed by atoms with Gasteiger partial charge in [0.15, 0.2) is 0 Å². The number of benzene rings is 1. The van der Waals surface area contributed by atoms with E-state index in [9.17, 15) is 9.18 Å². The largest absolute Gasteiger partial charge is 1.00 e. The first-order valence-electron chi connectivity index (χ1n) is 8.14.